The van der Waals surface area contributed by atoms with Gasteiger partial charge in [-0.3, -0.25) is 9.78 Å². The molecule has 1 amide bonds. The van der Waals surface area contributed by atoms with E-state index in [1.54, 1.807) is 13.3 Å². The van der Waals surface area contributed by atoms with E-state index in [1.807, 2.05) is 57.2 Å². The fraction of sp³-hybridized carbons (Fsp3) is 0.346. The topological polar surface area (TPSA) is 82.3 Å². The molecule has 0 spiro atoms. The number of thiocarbonyl (C=S) groups is 1. The molecule has 7 nitrogen and oxygen atoms in total. The summed E-state index contributed by atoms with van der Waals surface area (Å²) in [5.41, 5.74) is 5.27. The van der Waals surface area contributed by atoms with Crippen molar-refractivity contribution in [2.45, 2.75) is 46.7 Å². The molecule has 0 bridgehead atoms. The lowest BCUT2D eigenvalue weighted by atomic mass is 9.95. The molecule has 1 fully saturated rings. The summed E-state index contributed by atoms with van der Waals surface area (Å²) in [6, 6.07) is 11.4. The molecule has 1 saturated heterocycles. The van der Waals surface area contributed by atoms with Crippen LogP contribution < -0.4 is 20.3 Å². The molecule has 0 radical (unpaired) electrons. The monoisotopic (exact) mass is 603 g/mol. The van der Waals surface area contributed by atoms with Gasteiger partial charge in [0.25, 0.3) is 0 Å². The minimum Gasteiger partial charge on any atom is -0.494 e. The number of aromatic nitrogens is 2. The summed E-state index contributed by atoms with van der Waals surface area (Å²) < 4.78 is 6.84. The van der Waals surface area contributed by atoms with Gasteiger partial charge in [0.05, 0.1) is 30.6 Å². The van der Waals surface area contributed by atoms with Crippen LogP contribution in [-0.2, 0) is 4.79 Å². The van der Waals surface area contributed by atoms with Crippen molar-refractivity contribution < 1.29 is 9.53 Å². The number of halogens is 1. The van der Waals surface area contributed by atoms with E-state index in [0.717, 1.165) is 22.8 Å². The van der Waals surface area contributed by atoms with Crippen LogP contribution in [0.5, 0.6) is 5.75 Å². The first-order valence-corrected chi connectivity index (χ1v) is 12.9. The highest BCUT2D eigenvalue weighted by molar-refractivity contribution is 14.1. The molecule has 0 aliphatic carbocycles. The molecule has 2 aromatic heterocycles. The zero-order valence-corrected chi connectivity index (χ0v) is 23.7. The lowest BCUT2D eigenvalue weighted by Crippen LogP contribution is -2.30. The summed E-state index contributed by atoms with van der Waals surface area (Å²) in [6.45, 7) is 9.80. The van der Waals surface area contributed by atoms with E-state index in [-0.39, 0.29) is 18.0 Å². The van der Waals surface area contributed by atoms with Gasteiger partial charge in [-0.1, -0.05) is 26.8 Å². The van der Waals surface area contributed by atoms with Crippen LogP contribution in [0.3, 0.4) is 0 Å². The number of nitrogens with one attached hydrogen (secondary N) is 3. The first-order chi connectivity index (χ1) is 16.5. The van der Waals surface area contributed by atoms with Crippen molar-refractivity contribution in [2.75, 3.05) is 17.3 Å². The molecule has 184 valence electrons. The Labute approximate surface area is 225 Å². The predicted octanol–water partition coefficient (Wildman–Crippen LogP) is 5.80. The summed E-state index contributed by atoms with van der Waals surface area (Å²) in [6.07, 6.45) is 1.80. The Bertz CT molecular complexity index is 1270. The van der Waals surface area contributed by atoms with Crippen LogP contribution in [-0.4, -0.2) is 28.1 Å². The van der Waals surface area contributed by atoms with E-state index in [4.69, 9.17) is 17.0 Å². The van der Waals surface area contributed by atoms with E-state index < -0.39 is 5.41 Å². The molecule has 1 aliphatic rings. The number of amides is 1. The van der Waals surface area contributed by atoms with Gasteiger partial charge in [-0.15, -0.1) is 0 Å². The number of carbonyl (C=O) groups excluding carboxylic acids is 1. The number of hydrogen-bond donors (Lipinski definition) is 3. The van der Waals surface area contributed by atoms with Crippen LogP contribution in [0.25, 0.3) is 0 Å². The molecule has 0 saturated carbocycles. The Hall–Kier alpha value is -2.66. The summed E-state index contributed by atoms with van der Waals surface area (Å²) in [5, 5.41) is 7.09. The average Bonchev–Trinajstić information content (AvgIpc) is 3.28. The van der Waals surface area contributed by atoms with Crippen molar-refractivity contribution in [3.63, 3.8) is 0 Å². The number of nitrogens with zero attached hydrogens (tertiary/aromatic N) is 2. The van der Waals surface area contributed by atoms with Gasteiger partial charge in [0.2, 0.25) is 5.91 Å². The summed E-state index contributed by atoms with van der Waals surface area (Å²) >= 11 is 8.26. The molecular formula is C26H30IN5O2S. The number of benzene rings is 1. The summed E-state index contributed by atoms with van der Waals surface area (Å²) in [5.74, 6) is 0.489. The standard InChI is InChI=1S/C26H30IN5O2S/c1-14-20(21(27)15(2)29-14)23-22(18-9-7-8-12-28-18)31-25(35)32(23)16-10-11-17(19(13-16)34-6)30-24(33)26(3,4)5/h7-13,22-23,29H,1-6H3,(H,30,33)(H,31,35). The lowest BCUT2D eigenvalue weighted by molar-refractivity contribution is -0.123. The van der Waals surface area contributed by atoms with Gasteiger partial charge >= 0.3 is 0 Å². The maximum absolute atomic E-state index is 12.6. The molecule has 2 atom stereocenters. The quantitative estimate of drug-likeness (QED) is 0.253. The van der Waals surface area contributed by atoms with Crippen LogP contribution in [0.4, 0.5) is 11.4 Å². The van der Waals surface area contributed by atoms with Crippen LogP contribution in [0.2, 0.25) is 0 Å². The Morgan fingerprint density at radius 1 is 1.20 bits per heavy atom. The van der Waals surface area contributed by atoms with Gasteiger partial charge in [0.1, 0.15) is 5.75 Å². The second-order valence-corrected chi connectivity index (χ2v) is 11.2. The fourth-order valence-electron chi connectivity index (χ4n) is 4.29. The highest BCUT2D eigenvalue weighted by Crippen LogP contribution is 2.45. The van der Waals surface area contributed by atoms with Gasteiger partial charge in [-0.2, -0.15) is 0 Å². The van der Waals surface area contributed by atoms with Crippen molar-refractivity contribution >= 4 is 57.2 Å². The minimum atomic E-state index is -0.522. The van der Waals surface area contributed by atoms with E-state index >= 15 is 0 Å². The Morgan fingerprint density at radius 2 is 1.94 bits per heavy atom. The van der Waals surface area contributed by atoms with Crippen molar-refractivity contribution in [2.24, 2.45) is 5.41 Å². The van der Waals surface area contributed by atoms with Gasteiger partial charge in [0, 0.05) is 43.9 Å². The molecule has 3 heterocycles. The molecule has 2 unspecified atom stereocenters. The molecule has 9 heteroatoms. The maximum atomic E-state index is 12.6. The number of aryl methyl sites for hydroxylation is 2. The predicted molar refractivity (Wildman–Crippen MR) is 152 cm³/mol. The van der Waals surface area contributed by atoms with Crippen LogP contribution in [0.15, 0.2) is 42.6 Å². The number of carbonyl (C=O) groups is 1. The summed E-state index contributed by atoms with van der Waals surface area (Å²) in [7, 11) is 1.60. The van der Waals surface area contributed by atoms with Crippen molar-refractivity contribution in [3.05, 3.63) is 68.8 Å². The van der Waals surface area contributed by atoms with Crippen molar-refractivity contribution in [1.82, 2.24) is 15.3 Å². The third-order valence-electron chi connectivity index (χ3n) is 6.13. The number of pyridine rings is 1. The molecular weight excluding hydrogens is 573 g/mol. The highest BCUT2D eigenvalue weighted by Gasteiger charge is 2.43. The van der Waals surface area contributed by atoms with E-state index in [1.165, 1.54) is 9.13 Å². The van der Waals surface area contributed by atoms with E-state index in [2.05, 4.69) is 61.9 Å². The molecule has 1 aliphatic heterocycles. The third-order valence-corrected chi connectivity index (χ3v) is 7.84. The SMILES string of the molecule is COc1cc(N2C(=S)NC(c3ccccn3)C2c2c(C)[nH]c(C)c2I)ccc1NC(=O)C(C)(C)C. The minimum absolute atomic E-state index is 0.0806. The van der Waals surface area contributed by atoms with Crippen LogP contribution >= 0.6 is 34.8 Å². The number of methoxy groups -OCH3 is 1. The third kappa shape index (κ3) is 4.88. The normalized spacial score (nSPS) is 17.9. The molecule has 3 N–H and O–H groups in total. The highest BCUT2D eigenvalue weighted by atomic mass is 127. The van der Waals surface area contributed by atoms with Crippen LogP contribution in [0.1, 0.15) is 55.5 Å². The van der Waals surface area contributed by atoms with Crippen molar-refractivity contribution in [1.29, 1.82) is 0 Å². The van der Waals surface area contributed by atoms with Gasteiger partial charge in [-0.05, 0) is 72.9 Å². The number of hydrogen-bond acceptors (Lipinski definition) is 4. The molecule has 3 aromatic rings. The Kier molecular flexibility index (Phi) is 7.10. The molecule has 35 heavy (non-hydrogen) atoms. The smallest absolute Gasteiger partial charge is 0.229 e. The second kappa shape index (κ2) is 9.77. The fourth-order valence-corrected chi connectivity index (χ4v) is 5.50. The second-order valence-electron chi connectivity index (χ2n) is 9.69. The molecule has 4 rings (SSSR count). The number of anilines is 2. The Morgan fingerprint density at radius 3 is 2.51 bits per heavy atom. The maximum Gasteiger partial charge on any atom is 0.229 e. The number of aromatic amines is 1. The lowest BCUT2D eigenvalue weighted by Gasteiger charge is -2.29. The number of H-pyrrole nitrogens is 1. The largest absolute Gasteiger partial charge is 0.494 e. The van der Waals surface area contributed by atoms with Gasteiger partial charge in [-0.25, -0.2) is 0 Å². The first-order valence-electron chi connectivity index (χ1n) is 11.4. The van der Waals surface area contributed by atoms with Gasteiger partial charge < -0.3 is 25.3 Å². The zero-order chi connectivity index (χ0) is 25.5. The van der Waals surface area contributed by atoms with Gasteiger partial charge in [0.15, 0.2) is 5.11 Å². The Balaban J connectivity index is 1.81. The first kappa shape index (κ1) is 25.4. The summed E-state index contributed by atoms with van der Waals surface area (Å²) in [4.78, 5) is 22.8. The van der Waals surface area contributed by atoms with E-state index in [0.29, 0.717) is 16.5 Å². The zero-order valence-electron chi connectivity index (χ0n) is 20.7. The van der Waals surface area contributed by atoms with Crippen molar-refractivity contribution in [3.8, 4) is 5.75 Å². The number of rotatable bonds is 5. The molecule has 1 aromatic carbocycles. The average molecular weight is 604 g/mol. The van der Waals surface area contributed by atoms with Crippen LogP contribution in [0, 0.1) is 22.8 Å². The number of ether oxygens (including phenoxy) is 1. The van der Waals surface area contributed by atoms with E-state index in [9.17, 15) is 4.79 Å².